The second-order valence-corrected chi connectivity index (χ2v) is 8.80. The number of imide groups is 1. The van der Waals surface area contributed by atoms with Gasteiger partial charge in [0.2, 0.25) is 0 Å². The Morgan fingerprint density at radius 3 is 2.25 bits per heavy atom. The van der Waals surface area contributed by atoms with Crippen molar-refractivity contribution in [1.82, 2.24) is 0 Å². The molecule has 4 rings (SSSR count). The molecule has 0 unspecified atom stereocenters. The van der Waals surface area contributed by atoms with Crippen molar-refractivity contribution in [2.75, 3.05) is 17.3 Å². The van der Waals surface area contributed by atoms with Crippen LogP contribution in [0.4, 0.5) is 11.4 Å². The van der Waals surface area contributed by atoms with Gasteiger partial charge in [0.1, 0.15) is 16.4 Å². The fourth-order valence-electron chi connectivity index (χ4n) is 3.32. The maximum absolute atomic E-state index is 13.4. The molecule has 0 atom stereocenters. The lowest BCUT2D eigenvalue weighted by Gasteiger charge is -2.16. The van der Waals surface area contributed by atoms with Crippen LogP contribution in [0.15, 0.2) is 82.2 Å². The van der Waals surface area contributed by atoms with Crippen LogP contribution in [0.25, 0.3) is 0 Å². The molecule has 0 saturated carbocycles. The number of rotatable bonds is 6. The zero-order chi connectivity index (χ0) is 22.8. The number of halogens is 1. The van der Waals surface area contributed by atoms with Gasteiger partial charge in [-0.25, -0.2) is 4.90 Å². The molecule has 0 fully saturated rings. The number of aryl methyl sites for hydroxylation is 1. The number of anilines is 2. The topological polar surface area (TPSA) is 58.6 Å². The van der Waals surface area contributed by atoms with Gasteiger partial charge in [0.15, 0.2) is 0 Å². The fraction of sp³-hybridized carbons (Fsp3) is 0.120. The average Bonchev–Trinajstić information content (AvgIpc) is 3.02. The highest BCUT2D eigenvalue weighted by molar-refractivity contribution is 8.04. The Hall–Kier alpha value is -3.22. The molecule has 1 heterocycles. The van der Waals surface area contributed by atoms with Gasteiger partial charge in [-0.15, -0.1) is 0 Å². The monoisotopic (exact) mass is 464 g/mol. The second kappa shape index (κ2) is 9.10. The van der Waals surface area contributed by atoms with Gasteiger partial charge in [-0.1, -0.05) is 35.5 Å². The summed E-state index contributed by atoms with van der Waals surface area (Å²) in [5.74, 6) is -0.143. The highest BCUT2D eigenvalue weighted by Gasteiger charge is 2.40. The molecule has 162 valence electrons. The molecule has 0 aromatic heterocycles. The SMILES string of the molecule is COc1ccc(N2C(=O)C(Nc3cccc(C)c3C)=C(Sc3ccc(Cl)cc3)C2=O)cc1. The number of carbonyl (C=O) groups is 2. The minimum absolute atomic E-state index is 0.250. The van der Waals surface area contributed by atoms with Crippen molar-refractivity contribution in [2.24, 2.45) is 0 Å². The van der Waals surface area contributed by atoms with E-state index in [1.54, 1.807) is 43.5 Å². The van der Waals surface area contributed by atoms with Crippen molar-refractivity contribution in [2.45, 2.75) is 18.7 Å². The predicted octanol–water partition coefficient (Wildman–Crippen LogP) is 5.95. The minimum Gasteiger partial charge on any atom is -0.497 e. The Labute approximate surface area is 196 Å². The molecule has 2 amide bonds. The van der Waals surface area contributed by atoms with Gasteiger partial charge < -0.3 is 10.1 Å². The van der Waals surface area contributed by atoms with Crippen LogP contribution in [0.2, 0.25) is 5.02 Å². The second-order valence-electron chi connectivity index (χ2n) is 7.28. The lowest BCUT2D eigenvalue weighted by molar-refractivity contribution is -0.120. The zero-order valence-electron chi connectivity index (χ0n) is 17.8. The van der Waals surface area contributed by atoms with Gasteiger partial charge >= 0.3 is 0 Å². The molecule has 3 aromatic rings. The van der Waals surface area contributed by atoms with E-state index in [9.17, 15) is 9.59 Å². The molecule has 0 aliphatic carbocycles. The van der Waals surface area contributed by atoms with E-state index in [-0.39, 0.29) is 11.6 Å². The van der Waals surface area contributed by atoms with Crippen LogP contribution in [-0.4, -0.2) is 18.9 Å². The molecule has 1 N–H and O–H groups in total. The number of hydrogen-bond acceptors (Lipinski definition) is 5. The Balaban J connectivity index is 1.75. The number of methoxy groups -OCH3 is 1. The number of nitrogens with one attached hydrogen (secondary N) is 1. The van der Waals surface area contributed by atoms with Crippen LogP contribution in [0.1, 0.15) is 11.1 Å². The normalized spacial score (nSPS) is 13.7. The molecule has 1 aliphatic rings. The van der Waals surface area contributed by atoms with E-state index in [0.29, 0.717) is 21.4 Å². The maximum atomic E-state index is 13.4. The van der Waals surface area contributed by atoms with Crippen molar-refractivity contribution in [3.63, 3.8) is 0 Å². The standard InChI is InChI=1S/C25H21ClN2O3S/c1-15-5-4-6-21(16(15)2)27-22-23(32-20-13-7-17(26)8-14-20)25(30)28(24(22)29)18-9-11-19(31-3)12-10-18/h4-14,27H,1-3H3. The lowest BCUT2D eigenvalue weighted by atomic mass is 10.1. The van der Waals surface area contributed by atoms with Gasteiger partial charge in [0, 0.05) is 15.6 Å². The minimum atomic E-state index is -0.405. The van der Waals surface area contributed by atoms with Gasteiger partial charge in [-0.2, -0.15) is 0 Å². The summed E-state index contributed by atoms with van der Waals surface area (Å²) in [6.45, 7) is 3.98. The zero-order valence-corrected chi connectivity index (χ0v) is 19.4. The number of nitrogens with zero attached hydrogens (tertiary/aromatic N) is 1. The third-order valence-electron chi connectivity index (χ3n) is 5.27. The first-order valence-electron chi connectivity index (χ1n) is 9.93. The molecule has 7 heteroatoms. The van der Waals surface area contributed by atoms with Crippen LogP contribution >= 0.6 is 23.4 Å². The molecule has 0 bridgehead atoms. The third-order valence-corrected chi connectivity index (χ3v) is 6.61. The fourth-order valence-corrected chi connectivity index (χ4v) is 4.37. The molecule has 0 spiro atoms. The van der Waals surface area contributed by atoms with E-state index in [4.69, 9.17) is 16.3 Å². The van der Waals surface area contributed by atoms with Gasteiger partial charge in [0.25, 0.3) is 11.8 Å². The number of amides is 2. The predicted molar refractivity (Wildman–Crippen MR) is 129 cm³/mol. The maximum Gasteiger partial charge on any atom is 0.283 e. The van der Waals surface area contributed by atoms with Crippen molar-refractivity contribution in [3.05, 3.63) is 93.5 Å². The Morgan fingerprint density at radius 1 is 0.906 bits per heavy atom. The smallest absolute Gasteiger partial charge is 0.283 e. The Kier molecular flexibility index (Phi) is 6.26. The summed E-state index contributed by atoms with van der Waals surface area (Å²) in [6.07, 6.45) is 0. The van der Waals surface area contributed by atoms with Gasteiger partial charge in [-0.3, -0.25) is 9.59 Å². The number of hydrogen-bond donors (Lipinski definition) is 1. The van der Waals surface area contributed by atoms with E-state index in [1.807, 2.05) is 44.2 Å². The summed E-state index contributed by atoms with van der Waals surface area (Å²) in [7, 11) is 1.57. The van der Waals surface area contributed by atoms with E-state index in [1.165, 1.54) is 16.7 Å². The molecule has 5 nitrogen and oxygen atoms in total. The summed E-state index contributed by atoms with van der Waals surface area (Å²) < 4.78 is 5.19. The van der Waals surface area contributed by atoms with Crippen LogP contribution in [0.5, 0.6) is 5.75 Å². The largest absolute Gasteiger partial charge is 0.497 e. The van der Waals surface area contributed by atoms with E-state index < -0.39 is 5.91 Å². The van der Waals surface area contributed by atoms with Crippen LogP contribution in [0.3, 0.4) is 0 Å². The van der Waals surface area contributed by atoms with Crippen molar-refractivity contribution in [3.8, 4) is 5.75 Å². The summed E-state index contributed by atoms with van der Waals surface area (Å²) in [4.78, 5) is 29.2. The number of benzene rings is 3. The van der Waals surface area contributed by atoms with E-state index >= 15 is 0 Å². The summed E-state index contributed by atoms with van der Waals surface area (Å²) in [5, 5.41) is 3.83. The van der Waals surface area contributed by atoms with Crippen molar-refractivity contribution < 1.29 is 14.3 Å². The first-order chi connectivity index (χ1) is 15.4. The Bertz CT molecular complexity index is 1220. The van der Waals surface area contributed by atoms with Crippen LogP contribution < -0.4 is 15.0 Å². The van der Waals surface area contributed by atoms with E-state index in [0.717, 1.165) is 21.7 Å². The van der Waals surface area contributed by atoms with Crippen LogP contribution in [0, 0.1) is 13.8 Å². The van der Waals surface area contributed by atoms with Crippen molar-refractivity contribution >= 4 is 46.6 Å². The van der Waals surface area contributed by atoms with E-state index in [2.05, 4.69) is 5.32 Å². The van der Waals surface area contributed by atoms with Gasteiger partial charge in [-0.05, 0) is 79.6 Å². The molecule has 3 aromatic carbocycles. The molecular formula is C25H21ClN2O3S. The molecular weight excluding hydrogens is 444 g/mol. The summed E-state index contributed by atoms with van der Waals surface area (Å²) in [5.41, 5.74) is 3.62. The summed E-state index contributed by atoms with van der Waals surface area (Å²) >= 11 is 7.24. The number of carbonyl (C=O) groups excluding carboxylic acids is 2. The number of thioether (sulfide) groups is 1. The van der Waals surface area contributed by atoms with Crippen molar-refractivity contribution in [1.29, 1.82) is 0 Å². The highest BCUT2D eigenvalue weighted by Crippen LogP contribution is 2.39. The average molecular weight is 465 g/mol. The number of ether oxygens (including phenoxy) is 1. The van der Waals surface area contributed by atoms with Crippen LogP contribution in [-0.2, 0) is 9.59 Å². The first kappa shape index (κ1) is 22.0. The quantitative estimate of drug-likeness (QED) is 0.456. The molecule has 0 radical (unpaired) electrons. The molecule has 0 saturated heterocycles. The summed E-state index contributed by atoms with van der Waals surface area (Å²) in [6, 6.07) is 19.8. The molecule has 1 aliphatic heterocycles. The molecule has 32 heavy (non-hydrogen) atoms. The van der Waals surface area contributed by atoms with Gasteiger partial charge in [0.05, 0.1) is 12.8 Å². The highest BCUT2D eigenvalue weighted by atomic mass is 35.5. The third kappa shape index (κ3) is 4.24. The first-order valence-corrected chi connectivity index (χ1v) is 11.1. The lowest BCUT2D eigenvalue weighted by Crippen LogP contribution is -2.32. The Morgan fingerprint density at radius 2 is 1.59 bits per heavy atom.